The van der Waals surface area contributed by atoms with Crippen molar-refractivity contribution in [3.8, 4) is 0 Å². The number of hydrogen-bond acceptors (Lipinski definition) is 1. The molecule has 0 spiro atoms. The molecular formula is C12H25N. The third-order valence-electron chi connectivity index (χ3n) is 3.60. The second kappa shape index (κ2) is 4.00. The summed E-state index contributed by atoms with van der Waals surface area (Å²) in [7, 11) is 0. The Bertz CT molecular complexity index is 157. The minimum Gasteiger partial charge on any atom is -0.300 e. The fourth-order valence-corrected chi connectivity index (χ4v) is 2.86. The Morgan fingerprint density at radius 2 is 1.85 bits per heavy atom. The summed E-state index contributed by atoms with van der Waals surface area (Å²) >= 11 is 0. The normalized spacial score (nSPS) is 31.2. The molecule has 0 radical (unpaired) electrons. The first kappa shape index (κ1) is 11.0. The van der Waals surface area contributed by atoms with Crippen LogP contribution in [0.15, 0.2) is 0 Å². The lowest BCUT2D eigenvalue weighted by molar-refractivity contribution is 0.152. The van der Waals surface area contributed by atoms with Gasteiger partial charge in [-0.1, -0.05) is 34.6 Å². The van der Waals surface area contributed by atoms with Crippen molar-refractivity contribution < 1.29 is 0 Å². The van der Waals surface area contributed by atoms with Gasteiger partial charge in [-0.3, -0.25) is 0 Å². The topological polar surface area (TPSA) is 3.24 Å². The van der Waals surface area contributed by atoms with E-state index in [1.54, 1.807) is 0 Å². The van der Waals surface area contributed by atoms with Gasteiger partial charge in [0.05, 0.1) is 0 Å². The van der Waals surface area contributed by atoms with Gasteiger partial charge in [0.25, 0.3) is 0 Å². The maximum absolute atomic E-state index is 2.65. The van der Waals surface area contributed by atoms with Gasteiger partial charge >= 0.3 is 0 Å². The van der Waals surface area contributed by atoms with E-state index >= 15 is 0 Å². The van der Waals surface area contributed by atoms with Gasteiger partial charge in [0.1, 0.15) is 0 Å². The van der Waals surface area contributed by atoms with Crippen molar-refractivity contribution in [1.29, 1.82) is 0 Å². The molecule has 0 aromatic rings. The van der Waals surface area contributed by atoms with Crippen LogP contribution < -0.4 is 0 Å². The predicted octanol–water partition coefficient (Wildman–Crippen LogP) is 3.15. The molecule has 0 bridgehead atoms. The number of likely N-dealkylation sites (tertiary alicyclic amines) is 1. The van der Waals surface area contributed by atoms with E-state index in [9.17, 15) is 0 Å². The Balaban J connectivity index is 2.68. The fourth-order valence-electron chi connectivity index (χ4n) is 2.86. The molecule has 0 N–H and O–H groups in total. The van der Waals surface area contributed by atoms with Crippen LogP contribution in [0, 0.1) is 11.3 Å². The van der Waals surface area contributed by atoms with Crippen LogP contribution in [0.4, 0.5) is 0 Å². The molecule has 1 rings (SSSR count). The molecule has 1 nitrogen and oxygen atoms in total. The quantitative estimate of drug-likeness (QED) is 0.635. The summed E-state index contributed by atoms with van der Waals surface area (Å²) in [6, 6.07) is 0.838. The van der Waals surface area contributed by atoms with Gasteiger partial charge in [0.2, 0.25) is 0 Å². The molecule has 1 heteroatoms. The Hall–Kier alpha value is -0.0400. The summed E-state index contributed by atoms with van der Waals surface area (Å²) in [5, 5.41) is 0. The van der Waals surface area contributed by atoms with E-state index in [-0.39, 0.29) is 0 Å². The fraction of sp³-hybridized carbons (Fsp3) is 1.00. The second-order valence-electron chi connectivity index (χ2n) is 5.37. The van der Waals surface area contributed by atoms with E-state index < -0.39 is 0 Å². The average Bonchev–Trinajstić information content (AvgIpc) is 2.45. The summed E-state index contributed by atoms with van der Waals surface area (Å²) < 4.78 is 0. The van der Waals surface area contributed by atoms with Gasteiger partial charge in [-0.25, -0.2) is 0 Å². The molecule has 1 saturated heterocycles. The van der Waals surface area contributed by atoms with Crippen molar-refractivity contribution in [3.63, 3.8) is 0 Å². The number of nitrogens with zero attached hydrogens (tertiary/aromatic N) is 1. The molecule has 0 aliphatic carbocycles. The first-order chi connectivity index (χ1) is 6.00. The van der Waals surface area contributed by atoms with Crippen molar-refractivity contribution in [2.24, 2.45) is 11.3 Å². The predicted molar refractivity (Wildman–Crippen MR) is 58.9 cm³/mol. The molecule has 78 valence electrons. The molecular weight excluding hydrogens is 158 g/mol. The van der Waals surface area contributed by atoms with Gasteiger partial charge in [-0.05, 0) is 37.3 Å². The van der Waals surface area contributed by atoms with Crippen molar-refractivity contribution in [1.82, 2.24) is 4.90 Å². The summed E-state index contributed by atoms with van der Waals surface area (Å²) in [6.45, 7) is 14.3. The lowest BCUT2D eigenvalue weighted by atomic mass is 9.75. The molecule has 1 fully saturated rings. The molecule has 0 aromatic heterocycles. The second-order valence-corrected chi connectivity index (χ2v) is 5.37. The lowest BCUT2D eigenvalue weighted by Gasteiger charge is -2.34. The summed E-state index contributed by atoms with van der Waals surface area (Å²) in [6.07, 6.45) is 2.71. The van der Waals surface area contributed by atoms with E-state index in [4.69, 9.17) is 0 Å². The highest BCUT2D eigenvalue weighted by Gasteiger charge is 2.38. The van der Waals surface area contributed by atoms with Crippen LogP contribution in [0.3, 0.4) is 0 Å². The maximum atomic E-state index is 2.65. The highest BCUT2D eigenvalue weighted by Crippen LogP contribution is 2.39. The third kappa shape index (κ3) is 2.25. The smallest absolute Gasteiger partial charge is 0.0126 e. The Labute approximate surface area is 83.5 Å². The monoisotopic (exact) mass is 183 g/mol. The standard InChI is InChI=1S/C12H25N/c1-6-11-10(12(3,4)5)8-9-13(11)7-2/h10-11H,6-9H2,1-5H3. The summed E-state index contributed by atoms with van der Waals surface area (Å²) in [5.74, 6) is 0.900. The van der Waals surface area contributed by atoms with Crippen molar-refractivity contribution in [2.45, 2.75) is 53.5 Å². The largest absolute Gasteiger partial charge is 0.300 e. The summed E-state index contributed by atoms with van der Waals surface area (Å²) in [4.78, 5) is 2.65. The van der Waals surface area contributed by atoms with E-state index in [1.807, 2.05) is 0 Å². The third-order valence-corrected chi connectivity index (χ3v) is 3.60. The molecule has 1 aliphatic heterocycles. The number of rotatable bonds is 2. The molecule has 1 heterocycles. The van der Waals surface area contributed by atoms with Gasteiger partial charge in [-0.15, -0.1) is 0 Å². The van der Waals surface area contributed by atoms with Crippen LogP contribution in [0.2, 0.25) is 0 Å². The Morgan fingerprint density at radius 1 is 1.23 bits per heavy atom. The molecule has 13 heavy (non-hydrogen) atoms. The van der Waals surface area contributed by atoms with Crippen molar-refractivity contribution in [3.05, 3.63) is 0 Å². The lowest BCUT2D eigenvalue weighted by Crippen LogP contribution is -2.36. The van der Waals surface area contributed by atoms with E-state index in [1.165, 1.54) is 25.9 Å². The number of hydrogen-bond donors (Lipinski definition) is 0. The van der Waals surface area contributed by atoms with Crippen LogP contribution in [0.1, 0.15) is 47.5 Å². The zero-order valence-corrected chi connectivity index (χ0v) is 9.93. The molecule has 2 unspecified atom stereocenters. The van der Waals surface area contributed by atoms with E-state index in [0.717, 1.165) is 12.0 Å². The van der Waals surface area contributed by atoms with Crippen LogP contribution >= 0.6 is 0 Å². The van der Waals surface area contributed by atoms with Crippen molar-refractivity contribution in [2.75, 3.05) is 13.1 Å². The molecule has 2 atom stereocenters. The molecule has 0 amide bonds. The van der Waals surface area contributed by atoms with Crippen LogP contribution in [0.5, 0.6) is 0 Å². The van der Waals surface area contributed by atoms with E-state index in [0.29, 0.717) is 5.41 Å². The zero-order chi connectivity index (χ0) is 10.1. The van der Waals surface area contributed by atoms with Gasteiger partial charge in [-0.2, -0.15) is 0 Å². The maximum Gasteiger partial charge on any atom is 0.0126 e. The van der Waals surface area contributed by atoms with E-state index in [2.05, 4.69) is 39.5 Å². The van der Waals surface area contributed by atoms with Crippen LogP contribution in [-0.4, -0.2) is 24.0 Å². The van der Waals surface area contributed by atoms with Crippen LogP contribution in [0.25, 0.3) is 0 Å². The minimum atomic E-state index is 0.491. The highest BCUT2D eigenvalue weighted by atomic mass is 15.2. The average molecular weight is 183 g/mol. The first-order valence-corrected chi connectivity index (χ1v) is 5.74. The van der Waals surface area contributed by atoms with Gasteiger partial charge in [0.15, 0.2) is 0 Å². The molecule has 0 saturated carbocycles. The molecule has 0 aromatic carbocycles. The highest BCUT2D eigenvalue weighted by molar-refractivity contribution is 4.91. The Kier molecular flexibility index (Phi) is 3.39. The van der Waals surface area contributed by atoms with Crippen LogP contribution in [-0.2, 0) is 0 Å². The Morgan fingerprint density at radius 3 is 2.23 bits per heavy atom. The van der Waals surface area contributed by atoms with Gasteiger partial charge in [0, 0.05) is 6.04 Å². The minimum absolute atomic E-state index is 0.491. The first-order valence-electron chi connectivity index (χ1n) is 5.74. The van der Waals surface area contributed by atoms with Gasteiger partial charge < -0.3 is 4.90 Å². The SMILES string of the molecule is CCC1C(C(C)(C)C)CCN1CC. The zero-order valence-electron chi connectivity index (χ0n) is 9.93. The molecule has 1 aliphatic rings. The van der Waals surface area contributed by atoms with Crippen molar-refractivity contribution >= 4 is 0 Å². The summed E-state index contributed by atoms with van der Waals surface area (Å²) in [5.41, 5.74) is 0.491.